The molecule has 3 rings (SSSR count). The second kappa shape index (κ2) is 12.9. The van der Waals surface area contributed by atoms with Gasteiger partial charge in [0, 0.05) is 5.02 Å². The van der Waals surface area contributed by atoms with Gasteiger partial charge in [0.2, 0.25) is 0 Å². The van der Waals surface area contributed by atoms with Crippen molar-refractivity contribution in [3.8, 4) is 11.5 Å². The summed E-state index contributed by atoms with van der Waals surface area (Å²) in [5.74, 6) is 0.445. The number of ether oxygens (including phenoxy) is 2. The predicted molar refractivity (Wildman–Crippen MR) is 146 cm³/mol. The van der Waals surface area contributed by atoms with E-state index in [0.29, 0.717) is 35.3 Å². The van der Waals surface area contributed by atoms with E-state index in [1.165, 1.54) is 24.4 Å². The first kappa shape index (κ1) is 27.8. The van der Waals surface area contributed by atoms with Crippen LogP contribution >= 0.6 is 11.6 Å². The van der Waals surface area contributed by atoms with Gasteiger partial charge in [-0.15, -0.1) is 0 Å². The molecule has 0 aliphatic heterocycles. The van der Waals surface area contributed by atoms with E-state index in [0.717, 1.165) is 9.87 Å². The number of sulfonamides is 1. The topological polar surface area (TPSA) is 97.3 Å². The number of hydrogen-bond donors (Lipinski definition) is 1. The number of anilines is 1. The van der Waals surface area contributed by atoms with Crippen molar-refractivity contribution in [1.82, 2.24) is 5.43 Å². The van der Waals surface area contributed by atoms with E-state index in [2.05, 4.69) is 17.1 Å². The maximum absolute atomic E-state index is 13.4. The Kier molecular flexibility index (Phi) is 9.71. The lowest BCUT2D eigenvalue weighted by atomic mass is 10.2. The van der Waals surface area contributed by atoms with Crippen LogP contribution in [-0.2, 0) is 14.8 Å². The summed E-state index contributed by atoms with van der Waals surface area (Å²) in [5.41, 5.74) is 4.20. The zero-order valence-corrected chi connectivity index (χ0v) is 22.1. The summed E-state index contributed by atoms with van der Waals surface area (Å²) in [7, 11) is -4.06. The van der Waals surface area contributed by atoms with Gasteiger partial charge in [-0.25, -0.2) is 13.8 Å². The zero-order chi connectivity index (χ0) is 26.8. The minimum Gasteiger partial charge on any atom is -0.490 e. The van der Waals surface area contributed by atoms with E-state index in [4.69, 9.17) is 21.1 Å². The molecule has 0 saturated heterocycles. The van der Waals surface area contributed by atoms with Gasteiger partial charge in [-0.05, 0) is 67.9 Å². The van der Waals surface area contributed by atoms with Crippen LogP contribution in [0, 0.1) is 6.92 Å². The average molecular weight is 542 g/mol. The Morgan fingerprint density at radius 2 is 1.84 bits per heavy atom. The molecule has 0 spiro atoms. The first-order valence-electron chi connectivity index (χ1n) is 11.4. The second-order valence-corrected chi connectivity index (χ2v) is 10.1. The van der Waals surface area contributed by atoms with E-state index in [9.17, 15) is 13.2 Å². The maximum atomic E-state index is 13.4. The minimum atomic E-state index is -4.06. The molecule has 10 heteroatoms. The van der Waals surface area contributed by atoms with Crippen LogP contribution in [0.4, 0.5) is 5.69 Å². The monoisotopic (exact) mass is 541 g/mol. The molecule has 0 unspecified atom stereocenters. The fraction of sp³-hybridized carbons (Fsp3) is 0.185. The molecule has 0 atom stereocenters. The lowest BCUT2D eigenvalue weighted by molar-refractivity contribution is -0.119. The molecule has 0 aliphatic rings. The van der Waals surface area contributed by atoms with Crippen LogP contribution in [0.25, 0.3) is 0 Å². The quantitative estimate of drug-likeness (QED) is 0.199. The number of halogens is 1. The van der Waals surface area contributed by atoms with E-state index in [-0.39, 0.29) is 10.6 Å². The van der Waals surface area contributed by atoms with Crippen LogP contribution in [0.5, 0.6) is 11.5 Å². The molecule has 3 aromatic carbocycles. The Labute approximate surface area is 222 Å². The van der Waals surface area contributed by atoms with Crippen molar-refractivity contribution in [3.63, 3.8) is 0 Å². The minimum absolute atomic E-state index is 0.0524. The van der Waals surface area contributed by atoms with Crippen molar-refractivity contribution in [1.29, 1.82) is 0 Å². The van der Waals surface area contributed by atoms with Crippen molar-refractivity contribution < 1.29 is 22.7 Å². The number of benzene rings is 3. The van der Waals surface area contributed by atoms with Crippen LogP contribution in [0.15, 0.2) is 89.4 Å². The Morgan fingerprint density at radius 1 is 1.08 bits per heavy atom. The van der Waals surface area contributed by atoms with Crippen molar-refractivity contribution in [3.05, 3.63) is 95.5 Å². The highest BCUT2D eigenvalue weighted by Crippen LogP contribution is 2.28. The highest BCUT2D eigenvalue weighted by Gasteiger charge is 2.27. The molecule has 37 heavy (non-hydrogen) atoms. The first-order valence-corrected chi connectivity index (χ1v) is 13.2. The molecule has 0 aromatic heterocycles. The molecule has 0 bridgehead atoms. The smallest absolute Gasteiger partial charge is 0.264 e. The van der Waals surface area contributed by atoms with Gasteiger partial charge >= 0.3 is 0 Å². The van der Waals surface area contributed by atoms with Crippen LogP contribution in [0.2, 0.25) is 5.02 Å². The van der Waals surface area contributed by atoms with Gasteiger partial charge in [-0.1, -0.05) is 48.0 Å². The van der Waals surface area contributed by atoms with Gasteiger partial charge in [0.15, 0.2) is 11.5 Å². The Morgan fingerprint density at radius 3 is 2.51 bits per heavy atom. The summed E-state index contributed by atoms with van der Waals surface area (Å²) in [6, 6.07) is 17.9. The SMILES string of the molecule is C=CCOc1ccc(/C=N/NC(=O)CN(c2cccc(Cl)c2)S(=O)(=O)c2ccc(C)cc2)cc1OCC. The third kappa shape index (κ3) is 7.58. The Bertz CT molecular complexity index is 1380. The van der Waals surface area contributed by atoms with Gasteiger partial charge < -0.3 is 9.47 Å². The molecular weight excluding hydrogens is 514 g/mol. The number of carbonyl (C=O) groups excluding carboxylic acids is 1. The van der Waals surface area contributed by atoms with Crippen molar-refractivity contribution in [2.24, 2.45) is 5.10 Å². The number of aryl methyl sites for hydroxylation is 1. The molecule has 8 nitrogen and oxygen atoms in total. The molecule has 0 saturated carbocycles. The van der Waals surface area contributed by atoms with Gasteiger partial charge in [-0.3, -0.25) is 9.10 Å². The fourth-order valence-corrected chi connectivity index (χ4v) is 4.87. The molecule has 0 fully saturated rings. The molecule has 0 heterocycles. The van der Waals surface area contributed by atoms with Crippen LogP contribution in [0.1, 0.15) is 18.1 Å². The summed E-state index contributed by atoms with van der Waals surface area (Å²) >= 11 is 6.10. The van der Waals surface area contributed by atoms with Crippen molar-refractivity contribution in [2.45, 2.75) is 18.7 Å². The van der Waals surface area contributed by atoms with Gasteiger partial charge in [-0.2, -0.15) is 5.10 Å². The lowest BCUT2D eigenvalue weighted by Crippen LogP contribution is -2.39. The molecule has 0 aliphatic carbocycles. The van der Waals surface area contributed by atoms with E-state index < -0.39 is 22.5 Å². The summed E-state index contributed by atoms with van der Waals surface area (Å²) in [5, 5.41) is 4.32. The average Bonchev–Trinajstić information content (AvgIpc) is 2.87. The summed E-state index contributed by atoms with van der Waals surface area (Å²) < 4.78 is 39.0. The van der Waals surface area contributed by atoms with Gasteiger partial charge in [0.1, 0.15) is 13.2 Å². The highest BCUT2D eigenvalue weighted by atomic mass is 35.5. The van der Waals surface area contributed by atoms with Gasteiger partial charge in [0.25, 0.3) is 15.9 Å². The first-order chi connectivity index (χ1) is 17.7. The summed E-state index contributed by atoms with van der Waals surface area (Å²) in [6.45, 7) is 7.61. The standard InChI is InChI=1S/C27H28ClN3O5S/c1-4-15-36-25-14-11-21(16-26(25)35-5-2)18-29-30-27(32)19-31(23-8-6-7-22(28)17-23)37(33,34)24-12-9-20(3)10-13-24/h4,6-14,16-18H,1,5,15,19H2,2-3H3,(H,30,32)/b29-18+. The van der Waals surface area contributed by atoms with E-state index in [1.807, 2.05) is 13.8 Å². The van der Waals surface area contributed by atoms with E-state index in [1.54, 1.807) is 54.6 Å². The number of hydrogen-bond acceptors (Lipinski definition) is 6. The van der Waals surface area contributed by atoms with Crippen LogP contribution in [0.3, 0.4) is 0 Å². The third-order valence-electron chi connectivity index (χ3n) is 5.02. The molecule has 1 amide bonds. The van der Waals surface area contributed by atoms with Crippen molar-refractivity contribution >= 4 is 39.4 Å². The second-order valence-electron chi connectivity index (χ2n) is 7.84. The number of nitrogens with one attached hydrogen (secondary N) is 1. The zero-order valence-electron chi connectivity index (χ0n) is 20.6. The molecule has 194 valence electrons. The third-order valence-corrected chi connectivity index (χ3v) is 7.04. The molecule has 0 radical (unpaired) electrons. The Balaban J connectivity index is 1.79. The van der Waals surface area contributed by atoms with Crippen LogP contribution in [-0.4, -0.2) is 40.3 Å². The number of rotatable bonds is 12. The fourth-order valence-electron chi connectivity index (χ4n) is 3.27. The Hall–Kier alpha value is -3.82. The number of hydrazone groups is 1. The van der Waals surface area contributed by atoms with Crippen molar-refractivity contribution in [2.75, 3.05) is 24.1 Å². The summed E-state index contributed by atoms with van der Waals surface area (Å²) in [6.07, 6.45) is 3.06. The summed E-state index contributed by atoms with van der Waals surface area (Å²) in [4.78, 5) is 12.8. The number of carbonyl (C=O) groups is 1. The number of amides is 1. The van der Waals surface area contributed by atoms with E-state index >= 15 is 0 Å². The lowest BCUT2D eigenvalue weighted by Gasteiger charge is -2.24. The molecular formula is C27H28ClN3O5S. The molecule has 1 N–H and O–H groups in total. The maximum Gasteiger partial charge on any atom is 0.264 e. The van der Waals surface area contributed by atoms with Crippen LogP contribution < -0.4 is 19.2 Å². The normalized spacial score (nSPS) is 11.2. The molecule has 3 aromatic rings. The highest BCUT2D eigenvalue weighted by molar-refractivity contribution is 7.92. The van der Waals surface area contributed by atoms with Gasteiger partial charge in [0.05, 0.1) is 23.4 Å². The predicted octanol–water partition coefficient (Wildman–Crippen LogP) is 4.96. The number of nitrogens with zero attached hydrogens (tertiary/aromatic N) is 2. The largest absolute Gasteiger partial charge is 0.490 e.